The van der Waals surface area contributed by atoms with Gasteiger partial charge in [-0.3, -0.25) is 4.79 Å². The van der Waals surface area contributed by atoms with Gasteiger partial charge in [0.05, 0.1) is 11.6 Å². The first-order valence-corrected chi connectivity index (χ1v) is 8.66. The molecule has 0 saturated heterocycles. The molecule has 0 bridgehead atoms. The zero-order chi connectivity index (χ0) is 18.4. The number of rotatable bonds is 5. The Hall–Kier alpha value is -3.20. The molecule has 3 heteroatoms. The van der Waals surface area contributed by atoms with Crippen molar-refractivity contribution in [3.05, 3.63) is 107 Å². The smallest absolute Gasteiger partial charge is 0.252 e. The third-order valence-electron chi connectivity index (χ3n) is 4.33. The Labute approximate surface area is 154 Å². The molecule has 3 aromatic rings. The minimum absolute atomic E-state index is 0.145. The number of carbonyl (C=O) groups excluding carboxylic acids is 1. The fourth-order valence-corrected chi connectivity index (χ4v) is 2.85. The number of carbonyl (C=O) groups is 1. The van der Waals surface area contributed by atoms with E-state index in [-0.39, 0.29) is 5.91 Å². The van der Waals surface area contributed by atoms with Gasteiger partial charge in [0.1, 0.15) is 0 Å². The second kappa shape index (κ2) is 8.26. The van der Waals surface area contributed by atoms with Crippen LogP contribution in [0.3, 0.4) is 0 Å². The molecule has 130 valence electrons. The van der Waals surface area contributed by atoms with Crippen LogP contribution in [0.25, 0.3) is 0 Å². The molecule has 0 radical (unpaired) electrons. The standard InChI is InChI=1S/C23H22N2O/c1-17-13-15-19(16-14-17)18(2)24-25-23(26)22(20-9-5-3-6-10-20)21-11-7-4-8-12-21/h3-16,22H,1-2H3,(H,25,26). The molecule has 3 nitrogen and oxygen atoms in total. The summed E-state index contributed by atoms with van der Waals surface area (Å²) in [5.41, 5.74) is 7.59. The van der Waals surface area contributed by atoms with Crippen molar-refractivity contribution in [1.29, 1.82) is 0 Å². The van der Waals surface area contributed by atoms with Crippen LogP contribution in [0.15, 0.2) is 90.0 Å². The minimum Gasteiger partial charge on any atom is -0.272 e. The van der Waals surface area contributed by atoms with Crippen molar-refractivity contribution < 1.29 is 4.79 Å². The number of nitrogens with zero attached hydrogens (tertiary/aromatic N) is 1. The first-order chi connectivity index (χ1) is 12.6. The third-order valence-corrected chi connectivity index (χ3v) is 4.33. The van der Waals surface area contributed by atoms with E-state index in [1.807, 2.05) is 98.8 Å². The summed E-state index contributed by atoms with van der Waals surface area (Å²) in [5, 5.41) is 4.31. The van der Waals surface area contributed by atoms with Crippen LogP contribution in [0, 0.1) is 6.92 Å². The summed E-state index contributed by atoms with van der Waals surface area (Å²) < 4.78 is 0. The number of hydrazone groups is 1. The molecule has 0 unspecified atom stereocenters. The molecule has 0 fully saturated rings. The molecule has 0 spiro atoms. The van der Waals surface area contributed by atoms with Crippen LogP contribution in [0.4, 0.5) is 0 Å². The van der Waals surface area contributed by atoms with E-state index in [9.17, 15) is 4.79 Å². The van der Waals surface area contributed by atoms with Crippen molar-refractivity contribution in [2.24, 2.45) is 5.10 Å². The van der Waals surface area contributed by atoms with Crippen molar-refractivity contribution in [3.63, 3.8) is 0 Å². The molecule has 26 heavy (non-hydrogen) atoms. The number of hydrogen-bond acceptors (Lipinski definition) is 2. The van der Waals surface area contributed by atoms with Gasteiger partial charge < -0.3 is 0 Å². The van der Waals surface area contributed by atoms with E-state index in [0.29, 0.717) is 0 Å². The minimum atomic E-state index is -0.396. The molecular weight excluding hydrogens is 320 g/mol. The van der Waals surface area contributed by atoms with Crippen LogP contribution in [0.5, 0.6) is 0 Å². The average molecular weight is 342 g/mol. The number of hydrogen-bond donors (Lipinski definition) is 1. The highest BCUT2D eigenvalue weighted by Crippen LogP contribution is 2.24. The van der Waals surface area contributed by atoms with Gasteiger partial charge in [0.15, 0.2) is 0 Å². The predicted molar refractivity (Wildman–Crippen MR) is 106 cm³/mol. The summed E-state index contributed by atoms with van der Waals surface area (Å²) >= 11 is 0. The maximum absolute atomic E-state index is 12.9. The Morgan fingerprint density at radius 1 is 0.808 bits per heavy atom. The van der Waals surface area contributed by atoms with Gasteiger partial charge in [0.25, 0.3) is 5.91 Å². The van der Waals surface area contributed by atoms with E-state index < -0.39 is 5.92 Å². The second-order valence-electron chi connectivity index (χ2n) is 6.29. The van der Waals surface area contributed by atoms with E-state index in [1.165, 1.54) is 5.56 Å². The lowest BCUT2D eigenvalue weighted by Crippen LogP contribution is -2.27. The van der Waals surface area contributed by atoms with E-state index in [2.05, 4.69) is 10.5 Å². The first-order valence-electron chi connectivity index (χ1n) is 8.66. The van der Waals surface area contributed by atoms with E-state index in [4.69, 9.17) is 0 Å². The van der Waals surface area contributed by atoms with Gasteiger partial charge in [-0.2, -0.15) is 5.10 Å². The van der Waals surface area contributed by atoms with Crippen molar-refractivity contribution in [2.75, 3.05) is 0 Å². The normalized spacial score (nSPS) is 11.4. The second-order valence-corrected chi connectivity index (χ2v) is 6.29. The van der Waals surface area contributed by atoms with Crippen LogP contribution in [0.1, 0.15) is 35.1 Å². The van der Waals surface area contributed by atoms with Gasteiger partial charge in [0, 0.05) is 0 Å². The Bertz CT molecular complexity index is 845. The van der Waals surface area contributed by atoms with Gasteiger partial charge in [-0.1, -0.05) is 90.5 Å². The van der Waals surface area contributed by atoms with Gasteiger partial charge in [-0.05, 0) is 30.5 Å². The summed E-state index contributed by atoms with van der Waals surface area (Å²) in [4.78, 5) is 12.9. The lowest BCUT2D eigenvalue weighted by molar-refractivity contribution is -0.121. The fourth-order valence-electron chi connectivity index (χ4n) is 2.85. The molecule has 0 heterocycles. The molecule has 0 atom stereocenters. The molecule has 0 aliphatic carbocycles. The molecule has 3 aromatic carbocycles. The first kappa shape index (κ1) is 17.6. The van der Waals surface area contributed by atoms with Crippen LogP contribution in [0.2, 0.25) is 0 Å². The zero-order valence-corrected chi connectivity index (χ0v) is 15.0. The highest BCUT2D eigenvalue weighted by molar-refractivity contribution is 5.99. The summed E-state index contributed by atoms with van der Waals surface area (Å²) in [6, 6.07) is 27.6. The van der Waals surface area contributed by atoms with Crippen molar-refractivity contribution in [3.8, 4) is 0 Å². The zero-order valence-electron chi connectivity index (χ0n) is 15.0. The van der Waals surface area contributed by atoms with Crippen molar-refractivity contribution in [1.82, 2.24) is 5.43 Å². The Morgan fingerprint density at radius 3 is 1.81 bits per heavy atom. The SMILES string of the molecule is CC(=NNC(=O)C(c1ccccc1)c1ccccc1)c1ccc(C)cc1. The highest BCUT2D eigenvalue weighted by Gasteiger charge is 2.22. The maximum atomic E-state index is 12.9. The number of benzene rings is 3. The lowest BCUT2D eigenvalue weighted by Gasteiger charge is -2.16. The number of amides is 1. The van der Waals surface area contributed by atoms with Crippen LogP contribution in [-0.2, 0) is 4.79 Å². The highest BCUT2D eigenvalue weighted by atomic mass is 16.2. The Balaban J connectivity index is 1.84. The topological polar surface area (TPSA) is 41.5 Å². The molecule has 0 aliphatic rings. The summed E-state index contributed by atoms with van der Waals surface area (Å²) in [5.74, 6) is -0.541. The van der Waals surface area contributed by atoms with E-state index in [1.54, 1.807) is 0 Å². The monoisotopic (exact) mass is 342 g/mol. The Morgan fingerprint density at radius 2 is 1.31 bits per heavy atom. The van der Waals surface area contributed by atoms with Crippen molar-refractivity contribution >= 4 is 11.6 Å². The lowest BCUT2D eigenvalue weighted by atomic mass is 9.91. The van der Waals surface area contributed by atoms with E-state index >= 15 is 0 Å². The average Bonchev–Trinajstić information content (AvgIpc) is 2.68. The van der Waals surface area contributed by atoms with E-state index in [0.717, 1.165) is 22.4 Å². The largest absolute Gasteiger partial charge is 0.272 e. The molecule has 1 amide bonds. The number of aryl methyl sites for hydroxylation is 1. The van der Waals surface area contributed by atoms with Crippen molar-refractivity contribution in [2.45, 2.75) is 19.8 Å². The molecular formula is C23H22N2O. The molecule has 3 rings (SSSR count). The summed E-state index contributed by atoms with van der Waals surface area (Å²) in [6.07, 6.45) is 0. The molecule has 1 N–H and O–H groups in total. The number of nitrogens with one attached hydrogen (secondary N) is 1. The van der Waals surface area contributed by atoms with Crippen LogP contribution < -0.4 is 5.43 Å². The summed E-state index contributed by atoms with van der Waals surface area (Å²) in [7, 11) is 0. The van der Waals surface area contributed by atoms with Gasteiger partial charge in [-0.25, -0.2) is 5.43 Å². The molecule has 0 saturated carbocycles. The van der Waals surface area contributed by atoms with Crippen LogP contribution in [-0.4, -0.2) is 11.6 Å². The van der Waals surface area contributed by atoms with Crippen LogP contribution >= 0.6 is 0 Å². The molecule has 0 aliphatic heterocycles. The van der Waals surface area contributed by atoms with Gasteiger partial charge in [-0.15, -0.1) is 0 Å². The predicted octanol–water partition coefficient (Wildman–Crippen LogP) is 4.67. The maximum Gasteiger partial charge on any atom is 0.252 e. The van der Waals surface area contributed by atoms with Gasteiger partial charge >= 0.3 is 0 Å². The summed E-state index contributed by atoms with van der Waals surface area (Å²) in [6.45, 7) is 3.94. The molecule has 0 aromatic heterocycles. The quantitative estimate of drug-likeness (QED) is 0.531. The Kier molecular flexibility index (Phi) is 5.59. The van der Waals surface area contributed by atoms with Gasteiger partial charge in [0.2, 0.25) is 0 Å². The third kappa shape index (κ3) is 4.25. The fraction of sp³-hybridized carbons (Fsp3) is 0.130.